The molecule has 4 nitrogen and oxygen atoms in total. The summed E-state index contributed by atoms with van der Waals surface area (Å²) in [5.74, 6) is -1.06. The van der Waals surface area contributed by atoms with E-state index in [9.17, 15) is 9.90 Å². The molecule has 136 valence electrons. The molecule has 0 saturated carbocycles. The highest BCUT2D eigenvalue weighted by molar-refractivity contribution is 6.43. The van der Waals surface area contributed by atoms with Crippen LogP contribution in [0.3, 0.4) is 0 Å². The Morgan fingerprint density at radius 1 is 0.963 bits per heavy atom. The van der Waals surface area contributed by atoms with Crippen LogP contribution in [0.1, 0.15) is 16.8 Å². The van der Waals surface area contributed by atoms with Crippen molar-refractivity contribution in [3.63, 3.8) is 0 Å². The predicted octanol–water partition coefficient (Wildman–Crippen LogP) is 5.56. The van der Waals surface area contributed by atoms with Gasteiger partial charge in [-0.3, -0.25) is 4.98 Å². The fourth-order valence-corrected chi connectivity index (χ4v) is 2.84. The minimum absolute atomic E-state index is 0.0621. The van der Waals surface area contributed by atoms with Gasteiger partial charge in [-0.15, -0.1) is 0 Å². The first kappa shape index (κ1) is 19.0. The van der Waals surface area contributed by atoms with Crippen LogP contribution in [0.25, 0.3) is 11.3 Å². The molecule has 0 aliphatic heterocycles. The molecule has 1 N–H and O–H groups in total. The molecule has 0 aliphatic rings. The first-order chi connectivity index (χ1) is 13.1. The van der Waals surface area contributed by atoms with Crippen LogP contribution >= 0.6 is 23.2 Å². The maximum atomic E-state index is 12.8. The number of hydrogen-bond acceptors (Lipinski definition) is 4. The molecule has 0 radical (unpaired) electrons. The molecule has 0 atom stereocenters. The van der Waals surface area contributed by atoms with Crippen LogP contribution in [-0.4, -0.2) is 16.1 Å². The smallest absolute Gasteiger partial charge is 0.344 e. The fourth-order valence-electron chi connectivity index (χ4n) is 2.45. The van der Waals surface area contributed by atoms with Gasteiger partial charge in [0.05, 0.1) is 15.7 Å². The lowest BCUT2D eigenvalue weighted by molar-refractivity contribution is -0.137. The summed E-state index contributed by atoms with van der Waals surface area (Å²) < 4.78 is 5.38. The van der Waals surface area contributed by atoms with Gasteiger partial charge in [0.25, 0.3) is 0 Å². The van der Waals surface area contributed by atoms with E-state index in [2.05, 4.69) is 4.98 Å². The van der Waals surface area contributed by atoms with E-state index in [1.807, 2.05) is 30.3 Å². The molecule has 3 aromatic rings. The standard InChI is InChI=1S/C21H15Cl2NO3/c22-16-10-6-9-15(19(16)23)20(25)18(17-11-4-5-12-24-17)21(26)27-13-14-7-2-1-3-8-14/h1-12,25H,13H2/b20-18+. The van der Waals surface area contributed by atoms with Gasteiger partial charge in [-0.25, -0.2) is 4.79 Å². The highest BCUT2D eigenvalue weighted by Gasteiger charge is 2.23. The Labute approximate surface area is 166 Å². The van der Waals surface area contributed by atoms with Crippen molar-refractivity contribution < 1.29 is 14.6 Å². The lowest BCUT2D eigenvalue weighted by atomic mass is 10.0. The van der Waals surface area contributed by atoms with E-state index >= 15 is 0 Å². The Morgan fingerprint density at radius 3 is 2.41 bits per heavy atom. The molecule has 0 unspecified atom stereocenters. The number of rotatable bonds is 5. The second-order valence-electron chi connectivity index (χ2n) is 5.60. The summed E-state index contributed by atoms with van der Waals surface area (Å²) in [5, 5.41) is 11.2. The number of halogens is 2. The van der Waals surface area contributed by atoms with Crippen LogP contribution in [0.2, 0.25) is 10.0 Å². The Bertz CT molecular complexity index is 973. The summed E-state index contributed by atoms with van der Waals surface area (Å²) in [5.41, 5.74) is 1.23. The van der Waals surface area contributed by atoms with E-state index in [1.165, 1.54) is 6.20 Å². The molecule has 2 aromatic carbocycles. The van der Waals surface area contributed by atoms with Gasteiger partial charge in [0, 0.05) is 11.8 Å². The van der Waals surface area contributed by atoms with E-state index in [1.54, 1.807) is 36.4 Å². The zero-order chi connectivity index (χ0) is 19.2. The van der Waals surface area contributed by atoms with Gasteiger partial charge in [0.15, 0.2) is 0 Å². The van der Waals surface area contributed by atoms with Crippen LogP contribution in [0, 0.1) is 0 Å². The maximum absolute atomic E-state index is 12.8. The molecule has 0 aliphatic carbocycles. The van der Waals surface area contributed by atoms with E-state index in [-0.39, 0.29) is 39.2 Å². The number of pyridine rings is 1. The molecule has 27 heavy (non-hydrogen) atoms. The maximum Gasteiger partial charge on any atom is 0.344 e. The highest BCUT2D eigenvalue weighted by Crippen LogP contribution is 2.33. The molecule has 0 bridgehead atoms. The number of esters is 1. The van der Waals surface area contributed by atoms with Gasteiger partial charge in [-0.1, -0.05) is 65.7 Å². The highest BCUT2D eigenvalue weighted by atomic mass is 35.5. The van der Waals surface area contributed by atoms with Gasteiger partial charge in [-0.2, -0.15) is 0 Å². The Morgan fingerprint density at radius 2 is 1.70 bits per heavy atom. The average molecular weight is 400 g/mol. The minimum atomic E-state index is -0.717. The van der Waals surface area contributed by atoms with Crippen LogP contribution in [0.15, 0.2) is 72.9 Å². The van der Waals surface area contributed by atoms with Gasteiger partial charge in [0.1, 0.15) is 17.9 Å². The monoisotopic (exact) mass is 399 g/mol. The van der Waals surface area contributed by atoms with E-state index in [0.29, 0.717) is 0 Å². The van der Waals surface area contributed by atoms with E-state index < -0.39 is 5.97 Å². The lowest BCUT2D eigenvalue weighted by Gasteiger charge is -2.12. The first-order valence-electron chi connectivity index (χ1n) is 8.08. The third kappa shape index (κ3) is 4.48. The zero-order valence-corrected chi connectivity index (χ0v) is 15.6. The Hall–Kier alpha value is -2.82. The largest absolute Gasteiger partial charge is 0.506 e. The quantitative estimate of drug-likeness (QED) is 0.346. The average Bonchev–Trinajstić information content (AvgIpc) is 2.70. The Balaban J connectivity index is 2.01. The summed E-state index contributed by atoms with van der Waals surface area (Å²) in [6.07, 6.45) is 1.52. The molecule has 0 saturated heterocycles. The normalized spacial score (nSPS) is 11.6. The van der Waals surface area contributed by atoms with Gasteiger partial charge >= 0.3 is 5.97 Å². The van der Waals surface area contributed by atoms with Crippen LogP contribution < -0.4 is 0 Å². The number of benzene rings is 2. The Kier molecular flexibility index (Phi) is 6.12. The third-order valence-electron chi connectivity index (χ3n) is 3.78. The SMILES string of the molecule is O=C(OCc1ccccc1)/C(=C(/O)c1cccc(Cl)c1Cl)c1ccccn1. The first-order valence-corrected chi connectivity index (χ1v) is 8.83. The number of nitrogens with zero attached hydrogens (tertiary/aromatic N) is 1. The van der Waals surface area contributed by atoms with Crippen molar-refractivity contribution in [3.05, 3.63) is 99.8 Å². The molecular formula is C21H15Cl2NO3. The van der Waals surface area contributed by atoms with Crippen molar-refractivity contribution in [2.45, 2.75) is 6.61 Å². The van der Waals surface area contributed by atoms with Crippen LogP contribution in [-0.2, 0) is 16.1 Å². The molecule has 0 amide bonds. The molecule has 6 heteroatoms. The molecule has 1 aromatic heterocycles. The number of aliphatic hydroxyl groups excluding tert-OH is 1. The van der Waals surface area contributed by atoms with Gasteiger partial charge < -0.3 is 9.84 Å². The molecule has 0 fully saturated rings. The molecular weight excluding hydrogens is 385 g/mol. The van der Waals surface area contributed by atoms with Crippen molar-refractivity contribution in [2.75, 3.05) is 0 Å². The van der Waals surface area contributed by atoms with Gasteiger partial charge in [-0.05, 0) is 29.8 Å². The second kappa shape index (κ2) is 8.71. The van der Waals surface area contributed by atoms with E-state index in [4.69, 9.17) is 27.9 Å². The number of aromatic nitrogens is 1. The number of carbonyl (C=O) groups is 1. The van der Waals surface area contributed by atoms with Crippen LogP contribution in [0.4, 0.5) is 0 Å². The fraction of sp³-hybridized carbons (Fsp3) is 0.0476. The predicted molar refractivity (Wildman–Crippen MR) is 106 cm³/mol. The summed E-state index contributed by atoms with van der Waals surface area (Å²) in [7, 11) is 0. The summed E-state index contributed by atoms with van der Waals surface area (Å²) in [4.78, 5) is 16.9. The summed E-state index contributed by atoms with van der Waals surface area (Å²) in [6, 6.07) is 19.1. The van der Waals surface area contributed by atoms with Gasteiger partial charge in [0.2, 0.25) is 0 Å². The molecule has 1 heterocycles. The third-order valence-corrected chi connectivity index (χ3v) is 4.60. The minimum Gasteiger partial charge on any atom is -0.506 e. The zero-order valence-electron chi connectivity index (χ0n) is 14.1. The van der Waals surface area contributed by atoms with E-state index in [0.717, 1.165) is 5.56 Å². The van der Waals surface area contributed by atoms with Crippen molar-refractivity contribution in [2.24, 2.45) is 0 Å². The number of ether oxygens (including phenoxy) is 1. The number of carbonyl (C=O) groups excluding carboxylic acids is 1. The van der Waals surface area contributed by atoms with Crippen molar-refractivity contribution in [1.29, 1.82) is 0 Å². The number of aliphatic hydroxyl groups is 1. The van der Waals surface area contributed by atoms with Crippen molar-refractivity contribution >= 4 is 40.5 Å². The number of hydrogen-bond donors (Lipinski definition) is 1. The lowest BCUT2D eigenvalue weighted by Crippen LogP contribution is -2.11. The second-order valence-corrected chi connectivity index (χ2v) is 6.39. The van der Waals surface area contributed by atoms with Crippen molar-refractivity contribution in [3.8, 4) is 0 Å². The molecule has 0 spiro atoms. The topological polar surface area (TPSA) is 59.4 Å². The van der Waals surface area contributed by atoms with Crippen molar-refractivity contribution in [1.82, 2.24) is 4.98 Å². The summed E-state index contributed by atoms with van der Waals surface area (Å²) >= 11 is 12.2. The van der Waals surface area contributed by atoms with Crippen LogP contribution in [0.5, 0.6) is 0 Å². The molecule has 3 rings (SSSR count). The summed E-state index contributed by atoms with van der Waals surface area (Å²) in [6.45, 7) is 0.0621.